The Hall–Kier alpha value is -0.550. The Labute approximate surface area is 112 Å². The zero-order chi connectivity index (χ0) is 12.6. The van der Waals surface area contributed by atoms with Crippen molar-refractivity contribution in [1.29, 1.82) is 0 Å². The minimum absolute atomic E-state index is 0.543. The van der Waals surface area contributed by atoms with Gasteiger partial charge in [0.2, 0.25) is 0 Å². The van der Waals surface area contributed by atoms with Gasteiger partial charge in [-0.2, -0.15) is 5.10 Å². The molecule has 0 radical (unpaired) electrons. The SMILES string of the molecule is Cc1nn(C)c(N2CCN(C)CC2C)c1CBr. The Bertz CT molecular complexity index is 401. The van der Waals surface area contributed by atoms with Crippen molar-refractivity contribution in [2.24, 2.45) is 7.05 Å². The molecule has 4 nitrogen and oxygen atoms in total. The largest absolute Gasteiger partial charge is 0.351 e. The summed E-state index contributed by atoms with van der Waals surface area (Å²) in [4.78, 5) is 4.87. The van der Waals surface area contributed by atoms with Crippen LogP contribution in [-0.4, -0.2) is 47.4 Å². The highest BCUT2D eigenvalue weighted by Crippen LogP contribution is 2.28. The smallest absolute Gasteiger partial charge is 0.131 e. The van der Waals surface area contributed by atoms with Gasteiger partial charge >= 0.3 is 0 Å². The fourth-order valence-corrected chi connectivity index (χ4v) is 3.32. The van der Waals surface area contributed by atoms with Crippen molar-refractivity contribution in [3.8, 4) is 0 Å². The van der Waals surface area contributed by atoms with Gasteiger partial charge in [0, 0.05) is 43.6 Å². The maximum atomic E-state index is 4.54. The van der Waals surface area contributed by atoms with Crippen LogP contribution in [0.3, 0.4) is 0 Å². The molecule has 0 aliphatic carbocycles. The van der Waals surface area contributed by atoms with Crippen molar-refractivity contribution in [3.05, 3.63) is 11.3 Å². The normalized spacial score (nSPS) is 22.2. The Morgan fingerprint density at radius 1 is 1.35 bits per heavy atom. The lowest BCUT2D eigenvalue weighted by Crippen LogP contribution is -2.51. The van der Waals surface area contributed by atoms with Gasteiger partial charge in [-0.25, -0.2) is 0 Å². The maximum absolute atomic E-state index is 4.54. The minimum Gasteiger partial charge on any atom is -0.351 e. The number of aromatic nitrogens is 2. The highest BCUT2D eigenvalue weighted by Gasteiger charge is 2.26. The van der Waals surface area contributed by atoms with Crippen molar-refractivity contribution >= 4 is 21.7 Å². The molecule has 1 aliphatic heterocycles. The quantitative estimate of drug-likeness (QED) is 0.778. The van der Waals surface area contributed by atoms with Crippen LogP contribution >= 0.6 is 15.9 Å². The summed E-state index contributed by atoms with van der Waals surface area (Å²) in [5, 5.41) is 5.42. The molecule has 1 aromatic heterocycles. The third-order valence-corrected chi connectivity index (χ3v) is 4.11. The second-order valence-corrected chi connectivity index (χ2v) is 5.51. The van der Waals surface area contributed by atoms with E-state index in [1.165, 1.54) is 11.4 Å². The first-order valence-corrected chi connectivity index (χ1v) is 7.20. The van der Waals surface area contributed by atoms with Crippen LogP contribution in [0.5, 0.6) is 0 Å². The van der Waals surface area contributed by atoms with Crippen molar-refractivity contribution in [1.82, 2.24) is 14.7 Å². The van der Waals surface area contributed by atoms with E-state index in [1.807, 2.05) is 11.7 Å². The van der Waals surface area contributed by atoms with Crippen molar-refractivity contribution in [3.63, 3.8) is 0 Å². The number of anilines is 1. The van der Waals surface area contributed by atoms with E-state index in [0.29, 0.717) is 6.04 Å². The molecule has 0 N–H and O–H groups in total. The molecule has 0 aromatic carbocycles. The summed E-state index contributed by atoms with van der Waals surface area (Å²) < 4.78 is 2.02. The van der Waals surface area contributed by atoms with Gasteiger partial charge in [-0.1, -0.05) is 15.9 Å². The summed E-state index contributed by atoms with van der Waals surface area (Å²) in [6.45, 7) is 7.69. The predicted molar refractivity (Wildman–Crippen MR) is 74.9 cm³/mol. The number of piperazine rings is 1. The number of nitrogens with zero attached hydrogens (tertiary/aromatic N) is 4. The molecule has 0 saturated carbocycles. The molecule has 1 saturated heterocycles. The van der Waals surface area contributed by atoms with Crippen LogP contribution in [0.4, 0.5) is 5.82 Å². The highest BCUT2D eigenvalue weighted by atomic mass is 79.9. The van der Waals surface area contributed by atoms with Gasteiger partial charge in [0.1, 0.15) is 5.82 Å². The van der Waals surface area contributed by atoms with Crippen molar-refractivity contribution in [2.75, 3.05) is 31.6 Å². The third kappa shape index (κ3) is 2.36. The molecule has 96 valence electrons. The molecule has 2 heterocycles. The second kappa shape index (κ2) is 4.98. The predicted octanol–water partition coefficient (Wildman–Crippen LogP) is 1.76. The van der Waals surface area contributed by atoms with Crippen LogP contribution in [0.25, 0.3) is 0 Å². The monoisotopic (exact) mass is 300 g/mol. The summed E-state index contributed by atoms with van der Waals surface area (Å²) in [5.41, 5.74) is 2.45. The van der Waals surface area contributed by atoms with E-state index in [2.05, 4.69) is 51.7 Å². The lowest BCUT2D eigenvalue weighted by Gasteiger charge is -2.39. The zero-order valence-electron chi connectivity index (χ0n) is 11.1. The van der Waals surface area contributed by atoms with Gasteiger partial charge < -0.3 is 9.80 Å². The zero-order valence-corrected chi connectivity index (χ0v) is 12.7. The number of rotatable bonds is 2. The average Bonchev–Trinajstić information content (AvgIpc) is 2.53. The lowest BCUT2D eigenvalue weighted by atomic mass is 10.1. The van der Waals surface area contributed by atoms with Crippen LogP contribution in [0.2, 0.25) is 0 Å². The average molecular weight is 301 g/mol. The first kappa shape index (κ1) is 12.9. The first-order chi connectivity index (χ1) is 8.04. The highest BCUT2D eigenvalue weighted by molar-refractivity contribution is 9.08. The van der Waals surface area contributed by atoms with Gasteiger partial charge in [-0.3, -0.25) is 4.68 Å². The Kier molecular flexibility index (Phi) is 3.78. The minimum atomic E-state index is 0.543. The molecule has 0 spiro atoms. The third-order valence-electron chi connectivity index (χ3n) is 3.55. The molecular weight excluding hydrogens is 280 g/mol. The molecule has 17 heavy (non-hydrogen) atoms. The molecule has 0 bridgehead atoms. The van der Waals surface area contributed by atoms with Gasteiger partial charge in [0.15, 0.2) is 0 Å². The Morgan fingerprint density at radius 3 is 2.65 bits per heavy atom. The maximum Gasteiger partial charge on any atom is 0.131 e. The fraction of sp³-hybridized carbons (Fsp3) is 0.750. The number of hydrogen-bond acceptors (Lipinski definition) is 3. The molecule has 2 rings (SSSR count). The molecule has 1 aromatic rings. The number of halogens is 1. The number of likely N-dealkylation sites (N-methyl/N-ethyl adjacent to an activating group) is 1. The van der Waals surface area contributed by atoms with Crippen LogP contribution in [0, 0.1) is 6.92 Å². The summed E-state index contributed by atoms with van der Waals surface area (Å²) in [7, 11) is 4.23. The molecule has 1 aliphatic rings. The van der Waals surface area contributed by atoms with E-state index in [4.69, 9.17) is 0 Å². The van der Waals surface area contributed by atoms with E-state index in [9.17, 15) is 0 Å². The second-order valence-electron chi connectivity index (χ2n) is 4.95. The summed E-state index contributed by atoms with van der Waals surface area (Å²) in [5.74, 6) is 1.28. The summed E-state index contributed by atoms with van der Waals surface area (Å²) >= 11 is 3.58. The van der Waals surface area contributed by atoms with E-state index < -0.39 is 0 Å². The molecule has 1 unspecified atom stereocenters. The standard InChI is InChI=1S/C12H21BrN4/c1-9-8-15(3)5-6-17(9)12-11(7-13)10(2)14-16(12)4/h9H,5-8H2,1-4H3. The lowest BCUT2D eigenvalue weighted by molar-refractivity contribution is 0.273. The summed E-state index contributed by atoms with van der Waals surface area (Å²) in [6.07, 6.45) is 0. The number of alkyl halides is 1. The van der Waals surface area contributed by atoms with Crippen LogP contribution in [0.1, 0.15) is 18.2 Å². The van der Waals surface area contributed by atoms with E-state index in [-0.39, 0.29) is 0 Å². The fourth-order valence-electron chi connectivity index (χ4n) is 2.66. The van der Waals surface area contributed by atoms with E-state index >= 15 is 0 Å². The molecule has 1 atom stereocenters. The van der Waals surface area contributed by atoms with Crippen molar-refractivity contribution < 1.29 is 0 Å². The topological polar surface area (TPSA) is 24.3 Å². The Morgan fingerprint density at radius 2 is 2.06 bits per heavy atom. The van der Waals surface area contributed by atoms with Crippen LogP contribution < -0.4 is 4.90 Å². The van der Waals surface area contributed by atoms with Crippen LogP contribution in [0.15, 0.2) is 0 Å². The van der Waals surface area contributed by atoms with Gasteiger partial charge in [-0.05, 0) is 20.9 Å². The van der Waals surface area contributed by atoms with Gasteiger partial charge in [0.05, 0.1) is 5.69 Å². The molecular formula is C12H21BrN4. The number of hydrogen-bond donors (Lipinski definition) is 0. The Balaban J connectivity index is 2.33. The number of aryl methyl sites for hydroxylation is 2. The summed E-state index contributed by atoms with van der Waals surface area (Å²) in [6, 6.07) is 0.543. The van der Waals surface area contributed by atoms with E-state index in [1.54, 1.807) is 0 Å². The van der Waals surface area contributed by atoms with Gasteiger partial charge in [-0.15, -0.1) is 0 Å². The molecule has 0 amide bonds. The van der Waals surface area contributed by atoms with Crippen molar-refractivity contribution in [2.45, 2.75) is 25.2 Å². The first-order valence-electron chi connectivity index (χ1n) is 6.08. The van der Waals surface area contributed by atoms with Gasteiger partial charge in [0.25, 0.3) is 0 Å². The molecule has 1 fully saturated rings. The molecule has 5 heteroatoms. The van der Waals surface area contributed by atoms with Crippen LogP contribution in [-0.2, 0) is 12.4 Å². The van der Waals surface area contributed by atoms with E-state index in [0.717, 1.165) is 30.7 Å².